The number of aliphatic hydroxyl groups is 2. The first-order chi connectivity index (χ1) is 9.64. The molecule has 0 aromatic heterocycles. The van der Waals surface area contributed by atoms with Crippen molar-refractivity contribution in [2.24, 2.45) is 5.41 Å². The maximum atomic E-state index is 11.1. The third-order valence-electron chi connectivity index (χ3n) is 4.28. The number of unbranched alkanes of at least 4 members (excludes halogenated alkanes) is 3. The van der Waals surface area contributed by atoms with Crippen LogP contribution in [-0.2, 0) is 14.6 Å². The van der Waals surface area contributed by atoms with Gasteiger partial charge in [-0.25, -0.2) is 4.18 Å². The zero-order valence-corrected chi connectivity index (χ0v) is 14.2. The topological polar surface area (TPSA) is 104 Å². The first-order valence-electron chi connectivity index (χ1n) is 7.54. The highest BCUT2D eigenvalue weighted by Gasteiger charge is 2.47. The molecule has 0 aliphatic rings. The van der Waals surface area contributed by atoms with E-state index in [0.29, 0.717) is 19.3 Å². The zero-order valence-electron chi connectivity index (χ0n) is 13.3. The molecule has 0 rings (SSSR count). The lowest BCUT2D eigenvalue weighted by atomic mass is 9.66. The summed E-state index contributed by atoms with van der Waals surface area (Å²) in [4.78, 5) is 0. The second-order valence-electron chi connectivity index (χ2n) is 6.06. The molecule has 128 valence electrons. The Kier molecular flexibility index (Phi) is 8.96. The highest BCUT2D eigenvalue weighted by atomic mass is 32.3. The van der Waals surface area contributed by atoms with Gasteiger partial charge in [0.25, 0.3) is 0 Å². The zero-order chi connectivity index (χ0) is 16.6. The molecule has 0 aromatic rings. The minimum Gasteiger partial charge on any atom is -0.396 e. The van der Waals surface area contributed by atoms with Gasteiger partial charge in [-0.05, 0) is 33.1 Å². The lowest BCUT2D eigenvalue weighted by Crippen LogP contribution is -2.48. The highest BCUT2D eigenvalue weighted by molar-refractivity contribution is 7.80. The smallest absolute Gasteiger partial charge is 0.396 e. The van der Waals surface area contributed by atoms with Crippen LogP contribution in [0, 0.1) is 5.41 Å². The van der Waals surface area contributed by atoms with E-state index >= 15 is 0 Å². The van der Waals surface area contributed by atoms with Gasteiger partial charge in [0, 0.05) is 18.6 Å². The van der Waals surface area contributed by atoms with Gasteiger partial charge in [0.15, 0.2) is 0 Å². The number of aliphatic hydroxyl groups excluding tert-OH is 2. The molecule has 0 spiro atoms. The van der Waals surface area contributed by atoms with E-state index in [1.54, 1.807) is 13.8 Å². The lowest BCUT2D eigenvalue weighted by Gasteiger charge is -2.45. The number of hydrogen-bond acceptors (Lipinski definition) is 5. The average Bonchev–Trinajstić information content (AvgIpc) is 2.31. The summed E-state index contributed by atoms with van der Waals surface area (Å²) in [5.74, 6) is 0. The molecule has 3 N–H and O–H groups in total. The van der Waals surface area contributed by atoms with Gasteiger partial charge < -0.3 is 10.2 Å². The average molecular weight is 326 g/mol. The van der Waals surface area contributed by atoms with Crippen LogP contribution in [0.3, 0.4) is 0 Å². The summed E-state index contributed by atoms with van der Waals surface area (Å²) < 4.78 is 36.0. The molecule has 21 heavy (non-hydrogen) atoms. The maximum Gasteiger partial charge on any atom is 0.397 e. The van der Waals surface area contributed by atoms with Crippen LogP contribution in [0.4, 0.5) is 0 Å². The maximum absolute atomic E-state index is 11.1. The molecule has 0 saturated carbocycles. The van der Waals surface area contributed by atoms with Crippen LogP contribution in [0.25, 0.3) is 0 Å². The number of hydrogen-bond donors (Lipinski definition) is 3. The first kappa shape index (κ1) is 20.8. The van der Waals surface area contributed by atoms with E-state index in [1.807, 2.05) is 0 Å². The van der Waals surface area contributed by atoms with E-state index in [1.165, 1.54) is 0 Å². The van der Waals surface area contributed by atoms with Gasteiger partial charge in [0.1, 0.15) is 0 Å². The van der Waals surface area contributed by atoms with Crippen LogP contribution in [0.1, 0.15) is 65.7 Å². The second-order valence-corrected chi connectivity index (χ2v) is 7.08. The normalized spacial score (nSPS) is 13.6. The Morgan fingerprint density at radius 2 is 1.48 bits per heavy atom. The van der Waals surface area contributed by atoms with E-state index in [2.05, 4.69) is 6.92 Å². The van der Waals surface area contributed by atoms with Crippen molar-refractivity contribution < 1.29 is 27.4 Å². The molecule has 0 aromatic carbocycles. The molecule has 0 atom stereocenters. The van der Waals surface area contributed by atoms with Crippen molar-refractivity contribution in [1.29, 1.82) is 0 Å². The van der Waals surface area contributed by atoms with Crippen LogP contribution >= 0.6 is 0 Å². The van der Waals surface area contributed by atoms with E-state index in [4.69, 9.17) is 8.74 Å². The summed E-state index contributed by atoms with van der Waals surface area (Å²) in [7, 11) is -4.60. The predicted octanol–water partition coefficient (Wildman–Crippen LogP) is 2.31. The van der Waals surface area contributed by atoms with Crippen molar-refractivity contribution in [3.8, 4) is 0 Å². The van der Waals surface area contributed by atoms with Gasteiger partial charge in [-0.15, -0.1) is 0 Å². The fourth-order valence-corrected chi connectivity index (χ4v) is 3.65. The van der Waals surface area contributed by atoms with E-state index < -0.39 is 21.4 Å². The molecule has 0 bridgehead atoms. The van der Waals surface area contributed by atoms with Crippen LogP contribution in [0.2, 0.25) is 0 Å². The van der Waals surface area contributed by atoms with Gasteiger partial charge in [0.2, 0.25) is 0 Å². The van der Waals surface area contributed by atoms with Gasteiger partial charge >= 0.3 is 10.4 Å². The van der Waals surface area contributed by atoms with Gasteiger partial charge in [0.05, 0.1) is 5.60 Å². The molecule has 0 aliphatic heterocycles. The fourth-order valence-electron chi connectivity index (χ4n) is 2.95. The summed E-state index contributed by atoms with van der Waals surface area (Å²) in [5.41, 5.74) is -1.92. The monoisotopic (exact) mass is 326 g/mol. The largest absolute Gasteiger partial charge is 0.397 e. The molecule has 0 heterocycles. The Hall–Kier alpha value is -0.210. The molecular weight excluding hydrogens is 296 g/mol. The summed E-state index contributed by atoms with van der Waals surface area (Å²) in [5, 5.41) is 18.7. The molecular formula is C14H30O6S. The number of rotatable bonds is 12. The summed E-state index contributed by atoms with van der Waals surface area (Å²) in [6.45, 7) is 4.98. The van der Waals surface area contributed by atoms with Gasteiger partial charge in [-0.3, -0.25) is 4.55 Å². The van der Waals surface area contributed by atoms with Crippen LogP contribution in [0.15, 0.2) is 0 Å². The predicted molar refractivity (Wildman–Crippen MR) is 81.3 cm³/mol. The van der Waals surface area contributed by atoms with Gasteiger partial charge in [-0.2, -0.15) is 8.42 Å². The van der Waals surface area contributed by atoms with Crippen molar-refractivity contribution >= 4 is 10.4 Å². The molecule has 6 nitrogen and oxygen atoms in total. The van der Waals surface area contributed by atoms with Gasteiger partial charge in [-0.1, -0.05) is 32.6 Å². The van der Waals surface area contributed by atoms with Crippen molar-refractivity contribution in [2.45, 2.75) is 71.3 Å². The Morgan fingerprint density at radius 3 is 1.86 bits per heavy atom. The lowest BCUT2D eigenvalue weighted by molar-refractivity contribution is -0.0684. The molecule has 0 saturated heterocycles. The molecule has 0 amide bonds. The molecule has 0 aliphatic carbocycles. The third-order valence-corrected chi connectivity index (χ3v) is 4.91. The molecule has 0 fully saturated rings. The van der Waals surface area contributed by atoms with Crippen molar-refractivity contribution in [2.75, 3.05) is 13.2 Å². The standard InChI is InChI=1S/C14H30O6S/c1-4-5-6-7-8-14(9-11-15,10-12-16)13(2,3)20-21(17,18)19/h15-16H,4-12H2,1-3H3,(H,17,18,19). The Morgan fingerprint density at radius 1 is 0.952 bits per heavy atom. The van der Waals surface area contributed by atoms with Crippen molar-refractivity contribution in [1.82, 2.24) is 0 Å². The van der Waals surface area contributed by atoms with Crippen molar-refractivity contribution in [3.05, 3.63) is 0 Å². The molecule has 0 unspecified atom stereocenters. The minimum atomic E-state index is -4.60. The summed E-state index contributed by atoms with van der Waals surface area (Å²) in [6.07, 6.45) is 5.25. The molecule has 0 radical (unpaired) electrons. The van der Waals surface area contributed by atoms with E-state index in [9.17, 15) is 18.6 Å². The summed E-state index contributed by atoms with van der Waals surface area (Å²) in [6, 6.07) is 0. The van der Waals surface area contributed by atoms with E-state index in [-0.39, 0.29) is 13.2 Å². The fraction of sp³-hybridized carbons (Fsp3) is 1.00. The first-order valence-corrected chi connectivity index (χ1v) is 8.90. The van der Waals surface area contributed by atoms with Crippen LogP contribution in [-0.4, -0.2) is 42.0 Å². The Bertz CT molecular complexity index is 371. The third kappa shape index (κ3) is 7.06. The Balaban J connectivity index is 5.22. The quantitative estimate of drug-likeness (QED) is 0.375. The van der Waals surface area contributed by atoms with E-state index in [0.717, 1.165) is 25.7 Å². The molecule has 7 heteroatoms. The van der Waals surface area contributed by atoms with Crippen LogP contribution in [0.5, 0.6) is 0 Å². The highest BCUT2D eigenvalue weighted by Crippen LogP contribution is 2.45. The SMILES string of the molecule is CCCCCCC(CCO)(CCO)C(C)(C)OS(=O)(=O)O. The minimum absolute atomic E-state index is 0.133. The van der Waals surface area contributed by atoms with Crippen LogP contribution < -0.4 is 0 Å². The second kappa shape index (κ2) is 9.05. The summed E-state index contributed by atoms with van der Waals surface area (Å²) >= 11 is 0. The Labute approximate surface area is 128 Å². The van der Waals surface area contributed by atoms with Crippen molar-refractivity contribution in [3.63, 3.8) is 0 Å².